The van der Waals surface area contributed by atoms with Crippen LogP contribution in [0.3, 0.4) is 0 Å². The van der Waals surface area contributed by atoms with Crippen LogP contribution in [0.4, 0.5) is 17.2 Å². The maximum atomic E-state index is 12.6. The molecular weight excluding hydrogens is 539 g/mol. The summed E-state index contributed by atoms with van der Waals surface area (Å²) in [7, 11) is 0. The van der Waals surface area contributed by atoms with Gasteiger partial charge >= 0.3 is 0 Å². The molecule has 0 aliphatic rings. The second-order valence-electron chi connectivity index (χ2n) is 9.90. The van der Waals surface area contributed by atoms with Crippen LogP contribution in [-0.2, 0) is 0 Å². The Balaban J connectivity index is 1.40. The number of para-hydroxylation sites is 2. The van der Waals surface area contributed by atoms with E-state index in [0.717, 1.165) is 24.3 Å². The molecule has 1 heterocycles. The summed E-state index contributed by atoms with van der Waals surface area (Å²) in [4.78, 5) is 12.6. The first-order valence-corrected chi connectivity index (χ1v) is 15.2. The lowest BCUT2D eigenvalue weighted by Gasteiger charge is -2.13. The molecule has 0 radical (unpaired) electrons. The number of rotatable bonds is 18. The molecule has 3 N–H and O–H groups in total. The lowest BCUT2D eigenvalue weighted by Crippen LogP contribution is -2.14. The Bertz CT molecular complexity index is 1150. The fourth-order valence-corrected chi connectivity index (χ4v) is 5.62. The van der Waals surface area contributed by atoms with E-state index in [0.29, 0.717) is 16.5 Å². The van der Waals surface area contributed by atoms with E-state index < -0.39 is 0 Å². The van der Waals surface area contributed by atoms with E-state index >= 15 is 0 Å². The average Bonchev–Trinajstić information content (AvgIpc) is 3.23. The molecule has 0 unspecified atom stereocenters. The zero-order chi connectivity index (χ0) is 27.2. The molecule has 0 bridgehead atoms. The van der Waals surface area contributed by atoms with Crippen LogP contribution in [0.15, 0.2) is 47.3 Å². The van der Waals surface area contributed by atoms with Crippen LogP contribution >= 0.6 is 34.8 Å². The van der Waals surface area contributed by atoms with Crippen LogP contribution in [0.25, 0.3) is 5.69 Å². The second-order valence-corrected chi connectivity index (χ2v) is 11.2. The molecule has 1 aromatic heterocycles. The Morgan fingerprint density at radius 3 is 1.84 bits per heavy atom. The number of unbranched alkanes of at least 4 members (excludes halogenated alkanes) is 12. The standard InChI is InChI=1S/C30H41Cl3N4O/c1-2-3-4-5-6-7-8-9-10-11-12-13-16-19-34-26-17-14-15-18-27(26)35-28-22-29(38)37(36-28)30-24(32)20-23(31)21-25(30)33/h14-15,17-18,20-22,34-36H,2-13,16,19H2,1H3. The minimum absolute atomic E-state index is 0.281. The molecule has 0 spiro atoms. The van der Waals surface area contributed by atoms with E-state index in [4.69, 9.17) is 34.8 Å². The van der Waals surface area contributed by atoms with Crippen molar-refractivity contribution in [1.82, 2.24) is 9.78 Å². The van der Waals surface area contributed by atoms with Gasteiger partial charge in [0, 0.05) is 17.6 Å². The molecule has 0 atom stereocenters. The lowest BCUT2D eigenvalue weighted by molar-refractivity contribution is 0.541. The van der Waals surface area contributed by atoms with Gasteiger partial charge in [0.15, 0.2) is 0 Å². The smallest absolute Gasteiger partial charge is 0.273 e. The number of nitrogens with zero attached hydrogens (tertiary/aromatic N) is 1. The van der Waals surface area contributed by atoms with Crippen molar-refractivity contribution in [1.29, 1.82) is 0 Å². The van der Waals surface area contributed by atoms with Gasteiger partial charge in [0.25, 0.3) is 5.56 Å². The molecule has 2 aromatic carbocycles. The summed E-state index contributed by atoms with van der Waals surface area (Å²) in [6.07, 6.45) is 17.5. The Labute approximate surface area is 242 Å². The fraction of sp³-hybridized carbons (Fsp3) is 0.500. The van der Waals surface area contributed by atoms with Gasteiger partial charge in [-0.15, -0.1) is 0 Å². The quantitative estimate of drug-likeness (QED) is 0.131. The number of aromatic amines is 1. The number of hydrogen-bond donors (Lipinski definition) is 3. The monoisotopic (exact) mass is 578 g/mol. The van der Waals surface area contributed by atoms with E-state index in [9.17, 15) is 4.79 Å². The molecule has 3 rings (SSSR count). The van der Waals surface area contributed by atoms with Crippen molar-refractivity contribution in [2.75, 3.05) is 17.2 Å². The van der Waals surface area contributed by atoms with Gasteiger partial charge in [-0.05, 0) is 30.7 Å². The molecule has 8 heteroatoms. The summed E-state index contributed by atoms with van der Waals surface area (Å²) >= 11 is 18.6. The highest BCUT2D eigenvalue weighted by Gasteiger charge is 2.14. The highest BCUT2D eigenvalue weighted by molar-refractivity contribution is 6.40. The van der Waals surface area contributed by atoms with E-state index in [1.54, 1.807) is 12.1 Å². The predicted molar refractivity (Wildman–Crippen MR) is 165 cm³/mol. The van der Waals surface area contributed by atoms with Crippen molar-refractivity contribution in [3.8, 4) is 5.69 Å². The van der Waals surface area contributed by atoms with Crippen molar-refractivity contribution in [3.05, 3.63) is 67.9 Å². The molecule has 0 fully saturated rings. The molecule has 5 nitrogen and oxygen atoms in total. The molecule has 0 aliphatic heterocycles. The van der Waals surface area contributed by atoms with Gasteiger partial charge < -0.3 is 10.6 Å². The van der Waals surface area contributed by atoms with Gasteiger partial charge in [0.1, 0.15) is 11.5 Å². The fourth-order valence-electron chi connectivity index (χ4n) is 4.63. The third-order valence-corrected chi connectivity index (χ3v) is 7.51. The Morgan fingerprint density at radius 2 is 1.26 bits per heavy atom. The summed E-state index contributed by atoms with van der Waals surface area (Å²) in [5.41, 5.74) is 1.95. The normalized spacial score (nSPS) is 11.2. The van der Waals surface area contributed by atoms with Crippen LogP contribution in [0.1, 0.15) is 90.4 Å². The van der Waals surface area contributed by atoms with E-state index in [1.807, 2.05) is 24.3 Å². The molecule has 0 saturated heterocycles. The zero-order valence-corrected chi connectivity index (χ0v) is 24.7. The first kappa shape index (κ1) is 30.5. The summed E-state index contributed by atoms with van der Waals surface area (Å²) < 4.78 is 1.31. The topological polar surface area (TPSA) is 61.8 Å². The van der Waals surface area contributed by atoms with Gasteiger partial charge in [-0.25, -0.2) is 4.68 Å². The van der Waals surface area contributed by atoms with Crippen LogP contribution in [0, 0.1) is 0 Å². The van der Waals surface area contributed by atoms with Crippen molar-refractivity contribution >= 4 is 52.0 Å². The summed E-state index contributed by atoms with van der Waals surface area (Å²) in [5.74, 6) is 0.535. The predicted octanol–water partition coefficient (Wildman–Crippen LogP) is 10.4. The number of benzene rings is 2. The van der Waals surface area contributed by atoms with Crippen molar-refractivity contribution in [2.24, 2.45) is 0 Å². The van der Waals surface area contributed by atoms with Gasteiger partial charge in [0.2, 0.25) is 0 Å². The lowest BCUT2D eigenvalue weighted by atomic mass is 10.0. The minimum Gasteiger partial charge on any atom is -0.383 e. The molecule has 0 saturated carbocycles. The highest BCUT2D eigenvalue weighted by atomic mass is 35.5. The Morgan fingerprint density at radius 1 is 0.737 bits per heavy atom. The molecular formula is C30H41Cl3N4O. The first-order valence-electron chi connectivity index (χ1n) is 14.1. The Hall–Kier alpha value is -2.08. The SMILES string of the molecule is CCCCCCCCCCCCCCCNc1ccccc1Nc1cc(=O)n(-c2c(Cl)cc(Cl)cc2Cl)[nH]1. The zero-order valence-electron chi connectivity index (χ0n) is 22.4. The number of nitrogens with one attached hydrogen (secondary N) is 3. The van der Waals surface area contributed by atoms with Crippen molar-refractivity contribution < 1.29 is 0 Å². The van der Waals surface area contributed by atoms with Crippen molar-refractivity contribution in [3.63, 3.8) is 0 Å². The summed E-state index contributed by atoms with van der Waals surface area (Å²) in [6.45, 7) is 3.18. The van der Waals surface area contributed by atoms with Gasteiger partial charge in [0.05, 0.1) is 21.4 Å². The average molecular weight is 580 g/mol. The highest BCUT2D eigenvalue weighted by Crippen LogP contribution is 2.32. The molecule has 0 amide bonds. The first-order chi connectivity index (χ1) is 18.5. The summed E-state index contributed by atoms with van der Waals surface area (Å²) in [5, 5.41) is 10.9. The molecule has 3 aromatic rings. The van der Waals surface area contributed by atoms with Crippen LogP contribution < -0.4 is 16.2 Å². The third-order valence-electron chi connectivity index (χ3n) is 6.72. The van der Waals surface area contributed by atoms with Crippen LogP contribution in [-0.4, -0.2) is 16.3 Å². The maximum absolute atomic E-state index is 12.6. The number of H-pyrrole nitrogens is 1. The molecule has 208 valence electrons. The third kappa shape index (κ3) is 9.91. The van der Waals surface area contributed by atoms with E-state index in [-0.39, 0.29) is 15.6 Å². The number of hydrogen-bond acceptors (Lipinski definition) is 3. The van der Waals surface area contributed by atoms with E-state index in [1.165, 1.54) is 87.8 Å². The van der Waals surface area contributed by atoms with Crippen LogP contribution in [0.2, 0.25) is 15.1 Å². The number of anilines is 3. The minimum atomic E-state index is -0.281. The van der Waals surface area contributed by atoms with Gasteiger partial charge in [-0.2, -0.15) is 0 Å². The largest absolute Gasteiger partial charge is 0.383 e. The van der Waals surface area contributed by atoms with Gasteiger partial charge in [-0.3, -0.25) is 9.89 Å². The molecule has 0 aliphatic carbocycles. The summed E-state index contributed by atoms with van der Waals surface area (Å²) in [6, 6.07) is 12.6. The van der Waals surface area contributed by atoms with Gasteiger partial charge in [-0.1, -0.05) is 131 Å². The number of halogens is 3. The Kier molecular flexibility index (Phi) is 13.5. The van der Waals surface area contributed by atoms with Crippen LogP contribution in [0.5, 0.6) is 0 Å². The number of aromatic nitrogens is 2. The maximum Gasteiger partial charge on any atom is 0.273 e. The second kappa shape index (κ2) is 16.8. The van der Waals surface area contributed by atoms with E-state index in [2.05, 4.69) is 22.7 Å². The van der Waals surface area contributed by atoms with Crippen molar-refractivity contribution in [2.45, 2.75) is 90.4 Å². The molecule has 38 heavy (non-hydrogen) atoms.